The molecule has 10 nitrogen and oxygen atoms in total. The summed E-state index contributed by atoms with van der Waals surface area (Å²) < 4.78 is 5.43. The van der Waals surface area contributed by atoms with E-state index in [2.05, 4.69) is 16.0 Å². The van der Waals surface area contributed by atoms with Crippen LogP contribution in [-0.2, 0) is 36.8 Å². The number of carbonyl (C=O) groups is 5. The fourth-order valence-corrected chi connectivity index (χ4v) is 5.87. The van der Waals surface area contributed by atoms with E-state index in [0.717, 1.165) is 24.0 Å². The number of nitrogens with one attached hydrogen (secondary N) is 3. The molecule has 3 N–H and O–H groups in total. The minimum atomic E-state index is -1.00. The van der Waals surface area contributed by atoms with Crippen LogP contribution in [-0.4, -0.2) is 70.8 Å². The summed E-state index contributed by atoms with van der Waals surface area (Å²) in [7, 11) is 0. The molecule has 2 aliphatic carbocycles. The second-order valence-corrected chi connectivity index (χ2v) is 13.9. The molecule has 2 unspecified atom stereocenters. The van der Waals surface area contributed by atoms with Crippen LogP contribution in [0.25, 0.3) is 0 Å². The third kappa shape index (κ3) is 6.73. The normalized spacial score (nSPS) is 20.8. The maximum absolute atomic E-state index is 14.1. The molecule has 224 valence electrons. The molecule has 1 spiro atoms. The Kier molecular flexibility index (Phi) is 8.26. The third-order valence-electron chi connectivity index (χ3n) is 8.06. The number of amides is 4. The van der Waals surface area contributed by atoms with Gasteiger partial charge in [-0.3, -0.25) is 19.2 Å². The Hall–Kier alpha value is -3.43. The number of likely N-dealkylation sites (tertiary alicyclic amines) is 1. The minimum absolute atomic E-state index is 0.0199. The molecule has 4 rings (SSSR count). The average molecular weight is 569 g/mol. The fraction of sp³-hybridized carbons (Fsp3) is 0.645. The summed E-state index contributed by atoms with van der Waals surface area (Å²) in [5.74, 6) is -2.25. The highest BCUT2D eigenvalue weighted by molar-refractivity contribution is 6.38. The molecular formula is C31H44N4O6. The van der Waals surface area contributed by atoms with Crippen molar-refractivity contribution in [3.63, 3.8) is 0 Å². The zero-order valence-electron chi connectivity index (χ0n) is 25.3. The molecule has 0 bridgehead atoms. The van der Waals surface area contributed by atoms with E-state index in [1.165, 1.54) is 4.90 Å². The maximum Gasteiger partial charge on any atom is 0.408 e. The van der Waals surface area contributed by atoms with Crippen LogP contribution in [0.4, 0.5) is 4.79 Å². The summed E-state index contributed by atoms with van der Waals surface area (Å²) in [6, 6.07) is 5.17. The SMILES string of the molecule is CCC(NC(=O)C1N(C(=O)[C@@H](NC(=O)OC(C)(C)C)C(C)(C)C)CC12Cc1ccccc1C2)C(=O)C(=O)NC1CC1. The van der Waals surface area contributed by atoms with Gasteiger partial charge in [-0.1, -0.05) is 52.0 Å². The molecule has 1 heterocycles. The number of ketones is 1. The Balaban J connectivity index is 1.58. The molecule has 1 saturated carbocycles. The maximum atomic E-state index is 14.1. The summed E-state index contributed by atoms with van der Waals surface area (Å²) in [5.41, 5.74) is 0.281. The Morgan fingerprint density at radius 3 is 2.05 bits per heavy atom. The Bertz CT molecular complexity index is 1200. The number of hydrogen-bond donors (Lipinski definition) is 3. The van der Waals surface area contributed by atoms with E-state index in [0.29, 0.717) is 19.4 Å². The standard InChI is InChI=1S/C31H44N4O6/c1-8-21(22(36)25(37)32-20-13-14-20)33-26(38)24-31(15-18-11-9-10-12-19(18)16-31)17-35(24)27(39)23(29(2,3)4)34-28(40)41-30(5,6)7/h9-12,20-21,23-24H,8,13-17H2,1-7H3,(H,32,37)(H,33,38)(H,34,40)/t21?,23-,24?/m1/s1. The van der Waals surface area contributed by atoms with Gasteiger partial charge in [0.15, 0.2) is 0 Å². The van der Waals surface area contributed by atoms with Crippen molar-refractivity contribution >= 4 is 29.6 Å². The van der Waals surface area contributed by atoms with Crippen molar-refractivity contribution in [3.8, 4) is 0 Å². The van der Waals surface area contributed by atoms with Crippen LogP contribution in [0.2, 0.25) is 0 Å². The Morgan fingerprint density at radius 1 is 0.976 bits per heavy atom. The fourth-order valence-electron chi connectivity index (χ4n) is 5.87. The van der Waals surface area contributed by atoms with Gasteiger partial charge in [-0.05, 0) is 69.4 Å². The van der Waals surface area contributed by atoms with Crippen molar-refractivity contribution < 1.29 is 28.7 Å². The van der Waals surface area contributed by atoms with Crippen LogP contribution in [0.15, 0.2) is 24.3 Å². The van der Waals surface area contributed by atoms with E-state index in [1.54, 1.807) is 27.7 Å². The molecule has 10 heteroatoms. The van der Waals surface area contributed by atoms with Gasteiger partial charge in [-0.25, -0.2) is 4.79 Å². The molecule has 1 aromatic rings. The van der Waals surface area contributed by atoms with Gasteiger partial charge in [0.2, 0.25) is 17.6 Å². The summed E-state index contributed by atoms with van der Waals surface area (Å²) in [5, 5.41) is 8.23. The van der Waals surface area contributed by atoms with Crippen LogP contribution < -0.4 is 16.0 Å². The number of rotatable bonds is 8. The molecule has 1 aromatic carbocycles. The van der Waals surface area contributed by atoms with E-state index in [4.69, 9.17) is 4.74 Å². The van der Waals surface area contributed by atoms with Crippen molar-refractivity contribution in [3.05, 3.63) is 35.4 Å². The second-order valence-electron chi connectivity index (χ2n) is 13.9. The number of hydrogen-bond acceptors (Lipinski definition) is 6. The lowest BCUT2D eigenvalue weighted by Gasteiger charge is -2.56. The van der Waals surface area contributed by atoms with Gasteiger partial charge in [0.05, 0.1) is 6.04 Å². The summed E-state index contributed by atoms with van der Waals surface area (Å²) >= 11 is 0. The van der Waals surface area contributed by atoms with E-state index in [9.17, 15) is 24.0 Å². The zero-order chi connectivity index (χ0) is 30.3. The lowest BCUT2D eigenvalue weighted by molar-refractivity contribution is -0.168. The first-order valence-electron chi connectivity index (χ1n) is 14.6. The molecule has 41 heavy (non-hydrogen) atoms. The summed E-state index contributed by atoms with van der Waals surface area (Å²) in [6.45, 7) is 12.8. The highest BCUT2D eigenvalue weighted by Gasteiger charge is 2.61. The van der Waals surface area contributed by atoms with Crippen molar-refractivity contribution in [1.29, 1.82) is 0 Å². The Morgan fingerprint density at radius 2 is 1.56 bits per heavy atom. The predicted molar refractivity (Wildman–Crippen MR) is 153 cm³/mol. The molecule has 0 aromatic heterocycles. The van der Waals surface area contributed by atoms with Crippen molar-refractivity contribution in [2.75, 3.05) is 6.54 Å². The van der Waals surface area contributed by atoms with E-state index < -0.39 is 64.2 Å². The molecule has 2 fully saturated rings. The van der Waals surface area contributed by atoms with Gasteiger partial charge in [0.1, 0.15) is 17.7 Å². The van der Waals surface area contributed by atoms with E-state index in [-0.39, 0.29) is 12.5 Å². The summed E-state index contributed by atoms with van der Waals surface area (Å²) in [4.78, 5) is 67.6. The van der Waals surface area contributed by atoms with Crippen LogP contribution in [0, 0.1) is 10.8 Å². The lowest BCUT2D eigenvalue weighted by atomic mass is 9.67. The predicted octanol–water partition coefficient (Wildman–Crippen LogP) is 2.66. The van der Waals surface area contributed by atoms with Gasteiger partial charge in [-0.15, -0.1) is 0 Å². The number of fused-ring (bicyclic) bond motifs is 1. The van der Waals surface area contributed by atoms with E-state index >= 15 is 0 Å². The minimum Gasteiger partial charge on any atom is -0.444 e. The van der Waals surface area contributed by atoms with Gasteiger partial charge >= 0.3 is 6.09 Å². The lowest BCUT2D eigenvalue weighted by Crippen LogP contribution is -2.75. The highest BCUT2D eigenvalue weighted by atomic mass is 16.6. The molecule has 1 aliphatic heterocycles. The second kappa shape index (κ2) is 11.1. The quantitative estimate of drug-likeness (QED) is 0.413. The number of Topliss-reactive ketones (excluding diaryl/α,β-unsaturated/α-hetero) is 1. The van der Waals surface area contributed by atoms with Gasteiger partial charge in [0.25, 0.3) is 5.91 Å². The van der Waals surface area contributed by atoms with Gasteiger partial charge < -0.3 is 25.6 Å². The number of ether oxygens (including phenoxy) is 1. The van der Waals surface area contributed by atoms with Crippen LogP contribution in [0.1, 0.15) is 78.9 Å². The van der Waals surface area contributed by atoms with Crippen molar-refractivity contribution in [1.82, 2.24) is 20.9 Å². The number of carbonyl (C=O) groups excluding carboxylic acids is 5. The molecule has 1 saturated heterocycles. The highest BCUT2D eigenvalue weighted by Crippen LogP contribution is 2.49. The Labute approximate surface area is 242 Å². The largest absolute Gasteiger partial charge is 0.444 e. The molecule has 0 radical (unpaired) electrons. The van der Waals surface area contributed by atoms with Crippen LogP contribution in [0.3, 0.4) is 0 Å². The van der Waals surface area contributed by atoms with Crippen molar-refractivity contribution in [2.45, 2.75) is 110 Å². The zero-order valence-corrected chi connectivity index (χ0v) is 25.3. The monoisotopic (exact) mass is 568 g/mol. The molecule has 3 atom stereocenters. The topological polar surface area (TPSA) is 134 Å². The average Bonchev–Trinajstić information content (AvgIpc) is 3.57. The van der Waals surface area contributed by atoms with E-state index in [1.807, 2.05) is 45.0 Å². The first kappa shape index (κ1) is 30.5. The van der Waals surface area contributed by atoms with Crippen LogP contribution in [0.5, 0.6) is 0 Å². The smallest absolute Gasteiger partial charge is 0.408 e. The van der Waals surface area contributed by atoms with Crippen LogP contribution >= 0.6 is 0 Å². The number of benzene rings is 1. The first-order chi connectivity index (χ1) is 19.0. The first-order valence-corrected chi connectivity index (χ1v) is 14.6. The van der Waals surface area contributed by atoms with Gasteiger partial charge in [0, 0.05) is 18.0 Å². The molecular weight excluding hydrogens is 524 g/mol. The van der Waals surface area contributed by atoms with Crippen molar-refractivity contribution in [2.24, 2.45) is 10.8 Å². The summed E-state index contributed by atoms with van der Waals surface area (Å²) in [6.07, 6.45) is 2.43. The van der Waals surface area contributed by atoms with Gasteiger partial charge in [-0.2, -0.15) is 0 Å². The number of nitrogens with zero attached hydrogens (tertiary/aromatic N) is 1. The molecule has 3 aliphatic rings. The number of alkyl carbamates (subject to hydrolysis) is 1. The molecule has 4 amide bonds. The third-order valence-corrected chi connectivity index (χ3v) is 8.06.